The maximum absolute atomic E-state index is 6.62. The van der Waals surface area contributed by atoms with Crippen LogP contribution in [-0.4, -0.2) is 19.9 Å². The summed E-state index contributed by atoms with van der Waals surface area (Å²) in [6.07, 6.45) is 0. The normalized spacial score (nSPS) is 11.4. The van der Waals surface area contributed by atoms with Crippen molar-refractivity contribution in [2.75, 3.05) is 0 Å². The van der Waals surface area contributed by atoms with Crippen molar-refractivity contribution in [3.63, 3.8) is 0 Å². The number of rotatable bonds is 7. The lowest BCUT2D eigenvalue weighted by molar-refractivity contribution is 0.672. The van der Waals surface area contributed by atoms with E-state index in [1.807, 2.05) is 42.5 Å². The van der Waals surface area contributed by atoms with Gasteiger partial charge in [-0.15, -0.1) is 0 Å². The smallest absolute Gasteiger partial charge is 0.164 e. The summed E-state index contributed by atoms with van der Waals surface area (Å²) in [5, 5.41) is 3.03. The molecule has 0 spiro atoms. The summed E-state index contributed by atoms with van der Waals surface area (Å²) in [5.74, 6) is 1.82. The quantitative estimate of drug-likeness (QED) is 0.162. The van der Waals surface area contributed by atoms with E-state index >= 15 is 0 Å². The van der Waals surface area contributed by atoms with Gasteiger partial charge in [-0.1, -0.05) is 182 Å². The molecule has 0 N–H and O–H groups in total. The third-order valence-electron chi connectivity index (χ3n) is 10.9. The topological polar surface area (TPSA) is 64.7 Å². The summed E-state index contributed by atoms with van der Waals surface area (Å²) < 4.78 is 6.62. The SMILES string of the molecule is c1ccc(-c2ccc(-c3nc(-c4ccc(-c5ccccc5)cc4)nc(-c4cccc(-c5ccc6nc(-c7ccccc7)c7c8ccccc8oc7c6c5)c4)n3)cc2)cc1. The Morgan fingerprint density at radius 1 is 0.288 bits per heavy atom. The van der Waals surface area contributed by atoms with Crippen LogP contribution in [0.25, 0.3) is 112 Å². The van der Waals surface area contributed by atoms with E-state index in [2.05, 4.69) is 164 Å². The third-order valence-corrected chi connectivity index (χ3v) is 10.9. The number of para-hydroxylation sites is 1. The zero-order valence-electron chi connectivity index (χ0n) is 31.8. The van der Waals surface area contributed by atoms with Gasteiger partial charge in [0, 0.05) is 33.0 Å². The van der Waals surface area contributed by atoms with Crippen LogP contribution in [0, 0.1) is 0 Å². The van der Waals surface area contributed by atoms with E-state index in [-0.39, 0.29) is 0 Å². The third kappa shape index (κ3) is 6.41. The van der Waals surface area contributed by atoms with Gasteiger partial charge in [0.2, 0.25) is 0 Å². The summed E-state index contributed by atoms with van der Waals surface area (Å²) in [6.45, 7) is 0. The van der Waals surface area contributed by atoms with Gasteiger partial charge in [-0.05, 0) is 57.6 Å². The van der Waals surface area contributed by atoms with Gasteiger partial charge in [-0.3, -0.25) is 0 Å². The van der Waals surface area contributed by atoms with Gasteiger partial charge in [0.15, 0.2) is 17.5 Å². The maximum atomic E-state index is 6.62. The number of furan rings is 1. The van der Waals surface area contributed by atoms with Crippen molar-refractivity contribution in [2.45, 2.75) is 0 Å². The summed E-state index contributed by atoms with van der Waals surface area (Å²) >= 11 is 0. The van der Waals surface area contributed by atoms with Crippen molar-refractivity contribution >= 4 is 32.8 Å². The number of benzene rings is 8. The molecule has 8 aromatic carbocycles. The van der Waals surface area contributed by atoms with Gasteiger partial charge >= 0.3 is 0 Å². The first kappa shape index (κ1) is 34.2. The van der Waals surface area contributed by atoms with Crippen LogP contribution in [0.3, 0.4) is 0 Å². The number of nitrogens with zero attached hydrogens (tertiary/aromatic N) is 4. The largest absolute Gasteiger partial charge is 0.455 e. The lowest BCUT2D eigenvalue weighted by Crippen LogP contribution is -2.00. The van der Waals surface area contributed by atoms with Gasteiger partial charge in [0.05, 0.1) is 16.6 Å². The van der Waals surface area contributed by atoms with E-state index in [4.69, 9.17) is 24.4 Å². The highest BCUT2D eigenvalue weighted by Gasteiger charge is 2.19. The molecule has 0 saturated carbocycles. The molecule has 0 aliphatic rings. The molecule has 5 heteroatoms. The molecule has 5 nitrogen and oxygen atoms in total. The predicted octanol–water partition coefficient (Wildman–Crippen LogP) is 14.0. The fraction of sp³-hybridized carbons (Fsp3) is 0. The molecule has 0 bridgehead atoms. The Kier molecular flexibility index (Phi) is 8.41. The van der Waals surface area contributed by atoms with Crippen LogP contribution in [0.5, 0.6) is 0 Å². The zero-order valence-corrected chi connectivity index (χ0v) is 31.8. The first-order chi connectivity index (χ1) is 29.2. The van der Waals surface area contributed by atoms with Gasteiger partial charge in [0.25, 0.3) is 0 Å². The van der Waals surface area contributed by atoms with Crippen LogP contribution >= 0.6 is 0 Å². The molecular weight excluding hydrogens is 721 g/mol. The molecule has 276 valence electrons. The number of pyridine rings is 1. The lowest BCUT2D eigenvalue weighted by Gasteiger charge is -2.11. The monoisotopic (exact) mass is 754 g/mol. The van der Waals surface area contributed by atoms with Crippen molar-refractivity contribution in [2.24, 2.45) is 0 Å². The Labute approximate surface area is 341 Å². The van der Waals surface area contributed by atoms with Gasteiger partial charge in [-0.25, -0.2) is 19.9 Å². The Morgan fingerprint density at radius 3 is 1.34 bits per heavy atom. The molecule has 11 rings (SSSR count). The number of fused-ring (bicyclic) bond motifs is 5. The predicted molar refractivity (Wildman–Crippen MR) is 240 cm³/mol. The Morgan fingerprint density at radius 2 is 0.729 bits per heavy atom. The highest BCUT2D eigenvalue weighted by molar-refractivity contribution is 6.19. The van der Waals surface area contributed by atoms with Gasteiger partial charge in [0.1, 0.15) is 11.2 Å². The molecule has 0 atom stereocenters. The first-order valence-corrected chi connectivity index (χ1v) is 19.7. The number of hydrogen-bond acceptors (Lipinski definition) is 5. The average Bonchev–Trinajstić information content (AvgIpc) is 3.72. The number of hydrogen-bond donors (Lipinski definition) is 0. The van der Waals surface area contributed by atoms with E-state index in [1.165, 1.54) is 0 Å². The second-order valence-electron chi connectivity index (χ2n) is 14.6. The molecule has 0 radical (unpaired) electrons. The standard InChI is InChI=1S/C54H34N4O/c1-4-13-35(14-5-1)37-23-27-40(28-24-37)52-56-53(41-29-25-38(26-30-41)36-15-6-2-7-16-36)58-54(57-52)44-20-12-19-42(33-44)43-31-32-47-46(34-43)51-49(45-21-10-11-22-48(45)59-51)50(55-47)39-17-8-3-9-18-39/h1-34H. The Balaban J connectivity index is 1.02. The fourth-order valence-electron chi connectivity index (χ4n) is 7.93. The van der Waals surface area contributed by atoms with Gasteiger partial charge < -0.3 is 4.42 Å². The van der Waals surface area contributed by atoms with E-state index < -0.39 is 0 Å². The van der Waals surface area contributed by atoms with Crippen molar-refractivity contribution < 1.29 is 4.42 Å². The van der Waals surface area contributed by atoms with E-state index in [0.717, 1.165) is 94.2 Å². The van der Waals surface area contributed by atoms with Crippen molar-refractivity contribution in [3.8, 4) is 78.8 Å². The maximum Gasteiger partial charge on any atom is 0.164 e. The number of aromatic nitrogens is 4. The minimum absolute atomic E-state index is 0.598. The second-order valence-corrected chi connectivity index (χ2v) is 14.6. The van der Waals surface area contributed by atoms with E-state index in [1.54, 1.807) is 0 Å². The summed E-state index contributed by atoms with van der Waals surface area (Å²) in [7, 11) is 0. The minimum Gasteiger partial charge on any atom is -0.455 e. The molecule has 0 aliphatic heterocycles. The average molecular weight is 755 g/mol. The van der Waals surface area contributed by atoms with Crippen LogP contribution in [0.4, 0.5) is 0 Å². The van der Waals surface area contributed by atoms with Gasteiger partial charge in [-0.2, -0.15) is 0 Å². The second kappa shape index (κ2) is 14.5. The molecule has 0 unspecified atom stereocenters. The van der Waals surface area contributed by atoms with Crippen LogP contribution in [0.1, 0.15) is 0 Å². The molecule has 59 heavy (non-hydrogen) atoms. The van der Waals surface area contributed by atoms with Crippen LogP contribution in [-0.2, 0) is 0 Å². The van der Waals surface area contributed by atoms with Crippen molar-refractivity contribution in [1.29, 1.82) is 0 Å². The molecule has 3 aromatic heterocycles. The summed E-state index contributed by atoms with van der Waals surface area (Å²) in [6, 6.07) is 71.0. The highest BCUT2D eigenvalue weighted by Crippen LogP contribution is 2.41. The van der Waals surface area contributed by atoms with E-state index in [9.17, 15) is 0 Å². The summed E-state index contributed by atoms with van der Waals surface area (Å²) in [5.41, 5.74) is 13.9. The van der Waals surface area contributed by atoms with Crippen molar-refractivity contribution in [1.82, 2.24) is 19.9 Å². The fourth-order valence-corrected chi connectivity index (χ4v) is 7.93. The molecule has 0 aliphatic carbocycles. The molecular formula is C54H34N4O. The Hall–Kier alpha value is -8.02. The minimum atomic E-state index is 0.598. The molecule has 11 aromatic rings. The van der Waals surface area contributed by atoms with Crippen LogP contribution in [0.15, 0.2) is 211 Å². The molecule has 3 heterocycles. The molecule has 0 saturated heterocycles. The lowest BCUT2D eigenvalue weighted by atomic mass is 9.98. The zero-order chi connectivity index (χ0) is 39.1. The summed E-state index contributed by atoms with van der Waals surface area (Å²) in [4.78, 5) is 20.5. The molecule has 0 amide bonds. The Bertz CT molecular complexity index is 3190. The van der Waals surface area contributed by atoms with Crippen molar-refractivity contribution in [3.05, 3.63) is 206 Å². The van der Waals surface area contributed by atoms with Crippen LogP contribution < -0.4 is 0 Å². The highest BCUT2D eigenvalue weighted by atomic mass is 16.3. The molecule has 0 fully saturated rings. The van der Waals surface area contributed by atoms with Crippen LogP contribution in [0.2, 0.25) is 0 Å². The van der Waals surface area contributed by atoms with E-state index in [0.29, 0.717) is 17.5 Å². The first-order valence-electron chi connectivity index (χ1n) is 19.7.